The van der Waals surface area contributed by atoms with Gasteiger partial charge >= 0.3 is 0 Å². The molecule has 0 atom stereocenters. The van der Waals surface area contributed by atoms with Gasteiger partial charge in [0, 0.05) is 12.3 Å². The Balaban J connectivity index is 1.57. The number of nitrogens with zero attached hydrogens (tertiary/aromatic N) is 6. The molecule has 2 aromatic carbocycles. The second-order valence-electron chi connectivity index (χ2n) is 7.70. The molecule has 4 heterocycles. The molecular formula is C24H13F3N6O2. The maximum atomic E-state index is 14.2. The summed E-state index contributed by atoms with van der Waals surface area (Å²) < 4.78 is 49.7. The van der Waals surface area contributed by atoms with Crippen molar-refractivity contribution in [2.45, 2.75) is 6.54 Å². The second-order valence-corrected chi connectivity index (χ2v) is 7.70. The van der Waals surface area contributed by atoms with Crippen LogP contribution in [0.3, 0.4) is 0 Å². The first-order valence-corrected chi connectivity index (χ1v) is 10.4. The van der Waals surface area contributed by atoms with E-state index < -0.39 is 23.0 Å². The van der Waals surface area contributed by atoms with Crippen molar-refractivity contribution < 1.29 is 17.7 Å². The Bertz CT molecular complexity index is 1790. The van der Waals surface area contributed by atoms with Gasteiger partial charge in [-0.15, -0.1) is 0 Å². The Labute approximate surface area is 193 Å². The highest BCUT2D eigenvalue weighted by Crippen LogP contribution is 2.27. The van der Waals surface area contributed by atoms with Crippen LogP contribution in [0, 0.1) is 17.5 Å². The summed E-state index contributed by atoms with van der Waals surface area (Å²) in [6, 6.07) is 12.3. The minimum Gasteiger partial charge on any atom is -0.333 e. The van der Waals surface area contributed by atoms with Crippen LogP contribution in [-0.2, 0) is 6.54 Å². The highest BCUT2D eigenvalue weighted by atomic mass is 19.1. The molecule has 172 valence electrons. The van der Waals surface area contributed by atoms with Gasteiger partial charge in [-0.3, -0.25) is 18.7 Å². The number of rotatable bonds is 4. The maximum absolute atomic E-state index is 14.2. The fraction of sp³-hybridized carbons (Fsp3) is 0.0417. The van der Waals surface area contributed by atoms with Gasteiger partial charge in [-0.1, -0.05) is 11.2 Å². The molecule has 0 aliphatic rings. The van der Waals surface area contributed by atoms with Crippen LogP contribution in [0.2, 0.25) is 0 Å². The number of aromatic nitrogens is 6. The van der Waals surface area contributed by atoms with Crippen LogP contribution in [-0.4, -0.2) is 29.1 Å². The second kappa shape index (κ2) is 7.90. The van der Waals surface area contributed by atoms with Crippen molar-refractivity contribution in [1.82, 2.24) is 29.1 Å². The van der Waals surface area contributed by atoms with E-state index in [9.17, 15) is 18.0 Å². The number of benzene rings is 2. The Morgan fingerprint density at radius 1 is 0.914 bits per heavy atom. The van der Waals surface area contributed by atoms with Crippen LogP contribution in [0.5, 0.6) is 0 Å². The highest BCUT2D eigenvalue weighted by molar-refractivity contribution is 5.84. The number of hydrogen-bond donors (Lipinski definition) is 0. The normalized spacial score (nSPS) is 11.5. The summed E-state index contributed by atoms with van der Waals surface area (Å²) in [4.78, 5) is 26.4. The average Bonchev–Trinajstić information content (AvgIpc) is 3.50. The quantitative estimate of drug-likeness (QED) is 0.380. The molecule has 0 unspecified atom stereocenters. The van der Waals surface area contributed by atoms with Crippen LogP contribution in [0.15, 0.2) is 76.4 Å². The Hall–Kier alpha value is -4.80. The molecule has 0 aliphatic heterocycles. The maximum Gasteiger partial charge on any atom is 0.278 e. The number of hydrogen-bond acceptors (Lipinski definition) is 6. The molecule has 8 nitrogen and oxygen atoms in total. The third kappa shape index (κ3) is 3.44. The van der Waals surface area contributed by atoms with E-state index >= 15 is 0 Å². The van der Waals surface area contributed by atoms with Crippen LogP contribution >= 0.6 is 0 Å². The van der Waals surface area contributed by atoms with Gasteiger partial charge in [0.15, 0.2) is 0 Å². The molecule has 0 N–H and O–H groups in total. The molecule has 0 amide bonds. The molecule has 11 heteroatoms. The van der Waals surface area contributed by atoms with Gasteiger partial charge in [-0.2, -0.15) is 4.98 Å². The lowest BCUT2D eigenvalue weighted by atomic mass is 10.2. The summed E-state index contributed by atoms with van der Waals surface area (Å²) in [5, 5.41) is 3.85. The topological polar surface area (TPSA) is 91.1 Å². The van der Waals surface area contributed by atoms with Crippen LogP contribution in [0.4, 0.5) is 13.2 Å². The summed E-state index contributed by atoms with van der Waals surface area (Å²) in [5.41, 5.74) is 1.09. The molecule has 0 saturated heterocycles. The third-order valence-electron chi connectivity index (χ3n) is 5.55. The SMILES string of the molecule is O=c1c2c(-c3noc(-c4ccc(F)cc4F)n3)ncn2c2ccc(F)cc2n1Cc1ccccn1. The molecule has 0 saturated carbocycles. The molecule has 4 aromatic heterocycles. The van der Waals surface area contributed by atoms with Crippen molar-refractivity contribution in [2.24, 2.45) is 0 Å². The van der Waals surface area contributed by atoms with Crippen molar-refractivity contribution >= 4 is 16.6 Å². The minimum absolute atomic E-state index is 0.0610. The molecule has 35 heavy (non-hydrogen) atoms. The zero-order valence-electron chi connectivity index (χ0n) is 17.7. The summed E-state index contributed by atoms with van der Waals surface area (Å²) >= 11 is 0. The summed E-state index contributed by atoms with van der Waals surface area (Å²) in [6.45, 7) is 0.0824. The third-order valence-corrected chi connectivity index (χ3v) is 5.55. The minimum atomic E-state index is -0.874. The van der Waals surface area contributed by atoms with Crippen LogP contribution < -0.4 is 5.56 Å². The average molecular weight is 474 g/mol. The zero-order chi connectivity index (χ0) is 24.1. The number of pyridine rings is 1. The standard InChI is InChI=1S/C24H13F3N6O2/c25-13-4-6-16(17(27)9-13)23-30-22(31-35-23)20-21-24(34)32(11-15-3-1-2-8-28-15)19-10-14(26)5-7-18(19)33(21)12-29-20/h1-10,12H,11H2. The molecule has 0 fully saturated rings. The van der Waals surface area contributed by atoms with E-state index in [1.165, 1.54) is 39.6 Å². The molecule has 0 radical (unpaired) electrons. The molecule has 0 bridgehead atoms. The Morgan fingerprint density at radius 3 is 2.54 bits per heavy atom. The monoisotopic (exact) mass is 474 g/mol. The molecular weight excluding hydrogens is 461 g/mol. The molecule has 6 aromatic rings. The van der Waals surface area contributed by atoms with Crippen molar-refractivity contribution in [1.29, 1.82) is 0 Å². The van der Waals surface area contributed by atoms with Gasteiger partial charge in [-0.25, -0.2) is 18.2 Å². The predicted octanol–water partition coefficient (Wildman–Crippen LogP) is 4.23. The molecule has 0 spiro atoms. The predicted molar refractivity (Wildman–Crippen MR) is 119 cm³/mol. The van der Waals surface area contributed by atoms with Crippen LogP contribution in [0.1, 0.15) is 5.69 Å². The van der Waals surface area contributed by atoms with E-state index in [1.54, 1.807) is 24.4 Å². The van der Waals surface area contributed by atoms with Crippen molar-refractivity contribution in [3.05, 3.63) is 101 Å². The van der Waals surface area contributed by atoms with E-state index in [1.807, 2.05) is 0 Å². The van der Waals surface area contributed by atoms with Crippen molar-refractivity contribution in [3.8, 4) is 23.0 Å². The zero-order valence-corrected chi connectivity index (χ0v) is 17.7. The number of fused-ring (bicyclic) bond motifs is 3. The van der Waals surface area contributed by atoms with Crippen LogP contribution in [0.25, 0.3) is 39.5 Å². The fourth-order valence-corrected chi connectivity index (χ4v) is 3.96. The van der Waals surface area contributed by atoms with E-state index in [4.69, 9.17) is 4.52 Å². The lowest BCUT2D eigenvalue weighted by Crippen LogP contribution is -2.24. The van der Waals surface area contributed by atoms with Gasteiger partial charge in [0.2, 0.25) is 5.82 Å². The first-order valence-electron chi connectivity index (χ1n) is 10.4. The lowest BCUT2D eigenvalue weighted by molar-refractivity contribution is 0.429. The van der Waals surface area contributed by atoms with Crippen molar-refractivity contribution in [2.75, 3.05) is 0 Å². The fourth-order valence-electron chi connectivity index (χ4n) is 3.96. The summed E-state index contributed by atoms with van der Waals surface area (Å²) in [5.74, 6) is -2.39. The van der Waals surface area contributed by atoms with Gasteiger partial charge in [0.1, 0.15) is 35.0 Å². The number of imidazole rings is 1. The number of halogens is 3. The van der Waals surface area contributed by atoms with E-state index in [0.717, 1.165) is 6.07 Å². The van der Waals surface area contributed by atoms with Gasteiger partial charge in [0.05, 0.1) is 28.8 Å². The van der Waals surface area contributed by atoms with Gasteiger partial charge in [0.25, 0.3) is 11.4 Å². The van der Waals surface area contributed by atoms with E-state index in [-0.39, 0.29) is 35.0 Å². The Morgan fingerprint density at radius 2 is 1.74 bits per heavy atom. The van der Waals surface area contributed by atoms with Gasteiger partial charge < -0.3 is 4.52 Å². The highest BCUT2D eigenvalue weighted by Gasteiger charge is 2.22. The first-order chi connectivity index (χ1) is 17.0. The summed E-state index contributed by atoms with van der Waals surface area (Å²) in [6.07, 6.45) is 2.99. The first kappa shape index (κ1) is 20.8. The smallest absolute Gasteiger partial charge is 0.278 e. The summed E-state index contributed by atoms with van der Waals surface area (Å²) in [7, 11) is 0. The van der Waals surface area contributed by atoms with E-state index in [2.05, 4.69) is 20.1 Å². The Kier molecular flexibility index (Phi) is 4.69. The molecule has 6 rings (SSSR count). The largest absolute Gasteiger partial charge is 0.333 e. The van der Waals surface area contributed by atoms with Gasteiger partial charge in [-0.05, 0) is 42.5 Å². The molecule has 0 aliphatic carbocycles. The van der Waals surface area contributed by atoms with Crippen molar-refractivity contribution in [3.63, 3.8) is 0 Å². The van der Waals surface area contributed by atoms with E-state index in [0.29, 0.717) is 22.8 Å². The lowest BCUT2D eigenvalue weighted by Gasteiger charge is -2.12.